The van der Waals surface area contributed by atoms with Gasteiger partial charge in [-0.25, -0.2) is 14.8 Å². The van der Waals surface area contributed by atoms with E-state index in [4.69, 9.17) is 24.2 Å². The van der Waals surface area contributed by atoms with Crippen LogP contribution in [0, 0.1) is 11.3 Å². The average molecular weight is 513 g/mol. The van der Waals surface area contributed by atoms with Crippen LogP contribution in [0.1, 0.15) is 6.92 Å². The number of amidine groups is 1. The maximum absolute atomic E-state index is 12.8. The largest absolute Gasteiger partial charge is 0.497 e. The molecule has 37 heavy (non-hydrogen) atoms. The molecule has 0 saturated carbocycles. The molecule has 0 unspecified atom stereocenters. The van der Waals surface area contributed by atoms with Gasteiger partial charge in [0.2, 0.25) is 0 Å². The van der Waals surface area contributed by atoms with Crippen LogP contribution >= 0.6 is 11.8 Å². The standard InChI is InChI=1S/C28H24N4O4S/c1-4-36-28(33)24(18-29)27-32(21-8-6-5-7-9-21)25(30-19-10-14-22(34-2)15-11-19)26(37-27)31-20-12-16-23(35-3)17-13-20/h5-17H,4H2,1-3H3/b27-24-,30-25?,31-26?. The van der Waals surface area contributed by atoms with Crippen molar-refractivity contribution in [2.75, 3.05) is 25.7 Å². The lowest BCUT2D eigenvalue weighted by molar-refractivity contribution is -0.138. The number of nitriles is 1. The van der Waals surface area contributed by atoms with Crippen molar-refractivity contribution in [3.05, 3.63) is 89.5 Å². The first-order chi connectivity index (χ1) is 18.1. The summed E-state index contributed by atoms with van der Waals surface area (Å²) in [6.07, 6.45) is 0. The summed E-state index contributed by atoms with van der Waals surface area (Å²) >= 11 is 1.19. The van der Waals surface area contributed by atoms with Crippen molar-refractivity contribution in [3.8, 4) is 17.6 Å². The number of aliphatic imine (C=N–C) groups is 2. The maximum atomic E-state index is 12.8. The second-order valence-corrected chi connectivity index (χ2v) is 8.51. The number of hydrogen-bond acceptors (Lipinski definition) is 8. The van der Waals surface area contributed by atoms with E-state index in [9.17, 15) is 10.1 Å². The van der Waals surface area contributed by atoms with Gasteiger partial charge in [-0.3, -0.25) is 4.90 Å². The summed E-state index contributed by atoms with van der Waals surface area (Å²) in [5, 5.41) is 10.8. The van der Waals surface area contributed by atoms with E-state index < -0.39 is 5.97 Å². The van der Waals surface area contributed by atoms with Crippen molar-refractivity contribution in [1.29, 1.82) is 5.26 Å². The van der Waals surface area contributed by atoms with Gasteiger partial charge in [0.15, 0.2) is 11.4 Å². The summed E-state index contributed by atoms with van der Waals surface area (Å²) in [6.45, 7) is 1.84. The summed E-state index contributed by atoms with van der Waals surface area (Å²) in [7, 11) is 3.20. The number of rotatable bonds is 7. The Bertz CT molecular complexity index is 1390. The minimum absolute atomic E-state index is 0.127. The number of esters is 1. The SMILES string of the molecule is CCOC(=O)/C(C#N)=C1\SC(=Nc2ccc(OC)cc2)C(=Nc2ccc(OC)cc2)N1c1ccccc1. The number of thioether (sulfide) groups is 1. The maximum Gasteiger partial charge on any atom is 0.351 e. The molecule has 1 aliphatic rings. The van der Waals surface area contributed by atoms with Crippen molar-refractivity contribution < 1.29 is 19.0 Å². The molecule has 1 saturated heterocycles. The van der Waals surface area contributed by atoms with Gasteiger partial charge in [-0.05, 0) is 79.3 Å². The van der Waals surface area contributed by atoms with E-state index >= 15 is 0 Å². The molecule has 0 amide bonds. The predicted octanol–water partition coefficient (Wildman–Crippen LogP) is 6.02. The first-order valence-corrected chi connectivity index (χ1v) is 12.2. The van der Waals surface area contributed by atoms with Crippen molar-refractivity contribution in [2.45, 2.75) is 6.92 Å². The highest BCUT2D eigenvalue weighted by Gasteiger charge is 2.37. The molecule has 0 N–H and O–H groups in total. The Balaban J connectivity index is 1.94. The van der Waals surface area contributed by atoms with Crippen LogP contribution in [0.4, 0.5) is 17.1 Å². The van der Waals surface area contributed by atoms with Crippen LogP contribution in [0.2, 0.25) is 0 Å². The molecular formula is C28H24N4O4S. The third-order valence-corrected chi connectivity index (χ3v) is 6.28. The van der Waals surface area contributed by atoms with Crippen molar-refractivity contribution in [3.63, 3.8) is 0 Å². The van der Waals surface area contributed by atoms with Crippen LogP contribution in [0.5, 0.6) is 11.5 Å². The number of methoxy groups -OCH3 is 2. The molecule has 4 rings (SSSR count). The lowest BCUT2D eigenvalue weighted by Crippen LogP contribution is -2.28. The van der Waals surface area contributed by atoms with Gasteiger partial charge in [0.1, 0.15) is 27.6 Å². The van der Waals surface area contributed by atoms with Crippen LogP contribution in [-0.4, -0.2) is 37.7 Å². The molecule has 0 spiro atoms. The van der Waals surface area contributed by atoms with Crippen LogP contribution in [0.15, 0.2) is 99.4 Å². The van der Waals surface area contributed by atoms with Gasteiger partial charge in [0, 0.05) is 5.69 Å². The third kappa shape index (κ3) is 5.82. The second kappa shape index (κ2) is 11.9. The van der Waals surface area contributed by atoms with Crippen molar-refractivity contribution in [1.82, 2.24) is 0 Å². The van der Waals surface area contributed by atoms with Crippen LogP contribution < -0.4 is 14.4 Å². The minimum Gasteiger partial charge on any atom is -0.497 e. The van der Waals surface area contributed by atoms with Gasteiger partial charge in [-0.15, -0.1) is 0 Å². The number of carbonyl (C=O) groups excluding carboxylic acids is 1. The van der Waals surface area contributed by atoms with E-state index in [0.717, 1.165) is 0 Å². The summed E-state index contributed by atoms with van der Waals surface area (Å²) in [4.78, 5) is 24.2. The molecule has 1 fully saturated rings. The zero-order chi connectivity index (χ0) is 26.2. The van der Waals surface area contributed by atoms with Crippen LogP contribution in [0.3, 0.4) is 0 Å². The van der Waals surface area contributed by atoms with Gasteiger partial charge < -0.3 is 14.2 Å². The number of ether oxygens (including phenoxy) is 3. The fourth-order valence-corrected chi connectivity index (χ4v) is 4.54. The van der Waals surface area contributed by atoms with Crippen molar-refractivity contribution >= 4 is 45.7 Å². The molecule has 3 aromatic rings. The molecule has 1 aliphatic heterocycles. The number of nitrogens with zero attached hydrogens (tertiary/aromatic N) is 4. The molecule has 3 aromatic carbocycles. The topological polar surface area (TPSA) is 96.5 Å². The highest BCUT2D eigenvalue weighted by atomic mass is 32.2. The minimum atomic E-state index is -0.706. The molecule has 0 aliphatic carbocycles. The van der Waals surface area contributed by atoms with Gasteiger partial charge in [-0.2, -0.15) is 5.26 Å². The van der Waals surface area contributed by atoms with E-state index in [1.54, 1.807) is 26.0 Å². The summed E-state index contributed by atoms with van der Waals surface area (Å²) in [5.41, 5.74) is 1.90. The van der Waals surface area contributed by atoms with E-state index in [0.29, 0.717) is 44.5 Å². The summed E-state index contributed by atoms with van der Waals surface area (Å²) in [5.74, 6) is 1.16. The normalized spacial score (nSPS) is 16.4. The Morgan fingerprint density at radius 1 is 0.892 bits per heavy atom. The summed E-state index contributed by atoms with van der Waals surface area (Å²) < 4.78 is 15.7. The van der Waals surface area contributed by atoms with Gasteiger partial charge in [-0.1, -0.05) is 18.2 Å². The van der Waals surface area contributed by atoms with Gasteiger partial charge >= 0.3 is 5.97 Å². The monoisotopic (exact) mass is 512 g/mol. The van der Waals surface area contributed by atoms with E-state index in [2.05, 4.69) is 0 Å². The molecule has 186 valence electrons. The van der Waals surface area contributed by atoms with Crippen LogP contribution in [0.25, 0.3) is 0 Å². The Morgan fingerprint density at radius 2 is 1.46 bits per heavy atom. The third-order valence-electron chi connectivity index (χ3n) is 5.23. The Morgan fingerprint density at radius 3 is 1.97 bits per heavy atom. The lowest BCUT2D eigenvalue weighted by atomic mass is 10.2. The zero-order valence-electron chi connectivity index (χ0n) is 20.5. The molecule has 8 nitrogen and oxygen atoms in total. The molecule has 1 heterocycles. The molecule has 9 heteroatoms. The highest BCUT2D eigenvalue weighted by molar-refractivity contribution is 8.20. The second-order valence-electron chi connectivity index (χ2n) is 7.53. The Kier molecular flexibility index (Phi) is 8.23. The number of hydrogen-bond donors (Lipinski definition) is 0. The highest BCUT2D eigenvalue weighted by Crippen LogP contribution is 2.40. The first kappa shape index (κ1) is 25.5. The van der Waals surface area contributed by atoms with Gasteiger partial charge in [0.25, 0.3) is 0 Å². The number of benzene rings is 3. The Hall–Kier alpha value is -4.55. The fourth-order valence-electron chi connectivity index (χ4n) is 3.46. The van der Waals surface area contributed by atoms with E-state index in [1.165, 1.54) is 11.8 Å². The Labute approximate surface area is 219 Å². The average Bonchev–Trinajstić information content (AvgIpc) is 3.27. The smallest absolute Gasteiger partial charge is 0.351 e. The quantitative estimate of drug-likeness (QED) is 0.217. The van der Waals surface area contributed by atoms with Gasteiger partial charge in [0.05, 0.1) is 32.2 Å². The number of carbonyl (C=O) groups is 1. The predicted molar refractivity (Wildman–Crippen MR) is 146 cm³/mol. The number of anilines is 1. The molecule has 0 bridgehead atoms. The molecule has 0 aromatic heterocycles. The van der Waals surface area contributed by atoms with Crippen LogP contribution in [-0.2, 0) is 9.53 Å². The zero-order valence-corrected chi connectivity index (χ0v) is 21.4. The number of para-hydroxylation sites is 1. The van der Waals surface area contributed by atoms with E-state index in [1.807, 2.05) is 84.9 Å². The molecule has 0 atom stereocenters. The van der Waals surface area contributed by atoms with Crippen molar-refractivity contribution in [2.24, 2.45) is 9.98 Å². The van der Waals surface area contributed by atoms with E-state index in [-0.39, 0.29) is 12.2 Å². The summed E-state index contributed by atoms with van der Waals surface area (Å²) in [6, 6.07) is 25.9. The molecule has 0 radical (unpaired) electrons. The first-order valence-electron chi connectivity index (χ1n) is 11.4. The lowest BCUT2D eigenvalue weighted by Gasteiger charge is -2.20. The molecular weight excluding hydrogens is 488 g/mol. The fraction of sp³-hybridized carbons (Fsp3) is 0.143.